The Morgan fingerprint density at radius 3 is 2.94 bits per heavy atom. The molecule has 4 rings (SSSR count). The van der Waals surface area contributed by atoms with Gasteiger partial charge in [0.2, 0.25) is 0 Å². The highest BCUT2D eigenvalue weighted by atomic mass is 15.1. The Kier molecular flexibility index (Phi) is 1.59. The van der Waals surface area contributed by atoms with Gasteiger partial charge in [0.25, 0.3) is 0 Å². The molecule has 1 fully saturated rings. The van der Waals surface area contributed by atoms with Crippen molar-refractivity contribution in [1.82, 2.24) is 4.98 Å². The smallest absolute Gasteiger partial charge is 0.130 e. The summed E-state index contributed by atoms with van der Waals surface area (Å²) in [6, 6.07) is 11.3. The average molecular weight is 210 g/mol. The number of pyridine rings is 1. The number of para-hydroxylation sites is 1. The first-order valence-electron chi connectivity index (χ1n) is 6.05. The molecule has 80 valence electrons. The Morgan fingerprint density at radius 2 is 2.06 bits per heavy atom. The second-order valence-electron chi connectivity index (χ2n) is 4.98. The summed E-state index contributed by atoms with van der Waals surface area (Å²) in [6.07, 6.45) is 3.95. The summed E-state index contributed by atoms with van der Waals surface area (Å²) >= 11 is 0. The van der Waals surface area contributed by atoms with Crippen molar-refractivity contribution in [3.8, 4) is 0 Å². The van der Waals surface area contributed by atoms with E-state index in [1.54, 1.807) is 0 Å². The summed E-state index contributed by atoms with van der Waals surface area (Å²) in [4.78, 5) is 4.71. The van der Waals surface area contributed by atoms with Crippen molar-refractivity contribution in [2.24, 2.45) is 5.92 Å². The van der Waals surface area contributed by atoms with E-state index in [0.717, 1.165) is 23.7 Å². The second-order valence-corrected chi connectivity index (χ2v) is 4.98. The van der Waals surface area contributed by atoms with Crippen molar-refractivity contribution in [2.75, 3.05) is 5.32 Å². The van der Waals surface area contributed by atoms with Crippen LogP contribution in [-0.2, 0) is 6.42 Å². The highest BCUT2D eigenvalue weighted by molar-refractivity contribution is 5.82. The van der Waals surface area contributed by atoms with Crippen LogP contribution in [0.4, 0.5) is 5.82 Å². The summed E-state index contributed by atoms with van der Waals surface area (Å²) < 4.78 is 0. The van der Waals surface area contributed by atoms with Gasteiger partial charge in [0, 0.05) is 11.4 Å². The zero-order valence-corrected chi connectivity index (χ0v) is 9.11. The molecule has 2 nitrogen and oxygen atoms in total. The minimum Gasteiger partial charge on any atom is -0.366 e. The van der Waals surface area contributed by atoms with E-state index in [1.807, 2.05) is 0 Å². The van der Waals surface area contributed by atoms with Crippen LogP contribution in [0.5, 0.6) is 0 Å². The molecule has 1 saturated carbocycles. The minimum atomic E-state index is 0.652. The number of anilines is 1. The fourth-order valence-corrected chi connectivity index (χ4v) is 2.69. The van der Waals surface area contributed by atoms with E-state index in [4.69, 9.17) is 4.98 Å². The van der Waals surface area contributed by atoms with Gasteiger partial charge in [-0.1, -0.05) is 18.2 Å². The van der Waals surface area contributed by atoms with E-state index < -0.39 is 0 Å². The summed E-state index contributed by atoms with van der Waals surface area (Å²) in [5.74, 6) is 2.02. The Hall–Kier alpha value is -1.57. The van der Waals surface area contributed by atoms with Gasteiger partial charge in [-0.25, -0.2) is 4.98 Å². The molecule has 16 heavy (non-hydrogen) atoms. The van der Waals surface area contributed by atoms with E-state index in [9.17, 15) is 0 Å². The highest BCUT2D eigenvalue weighted by Crippen LogP contribution is 2.40. The lowest BCUT2D eigenvalue weighted by atomic mass is 10.1. The Morgan fingerprint density at radius 1 is 1.19 bits per heavy atom. The third kappa shape index (κ3) is 1.22. The molecule has 2 heteroatoms. The van der Waals surface area contributed by atoms with Crippen molar-refractivity contribution >= 4 is 16.7 Å². The van der Waals surface area contributed by atoms with Crippen LogP contribution in [0, 0.1) is 5.92 Å². The molecule has 1 aromatic carbocycles. The average Bonchev–Trinajstić information content (AvgIpc) is 3.07. The molecule has 0 amide bonds. The summed E-state index contributed by atoms with van der Waals surface area (Å²) in [6.45, 7) is 0. The van der Waals surface area contributed by atoms with Gasteiger partial charge in [-0.15, -0.1) is 0 Å². The summed E-state index contributed by atoms with van der Waals surface area (Å²) in [5.41, 5.74) is 2.50. The molecule has 0 spiro atoms. The Labute approximate surface area is 94.7 Å². The van der Waals surface area contributed by atoms with Crippen LogP contribution in [0.2, 0.25) is 0 Å². The van der Waals surface area contributed by atoms with Crippen LogP contribution in [0.25, 0.3) is 10.9 Å². The lowest BCUT2D eigenvalue weighted by Gasteiger charge is -2.07. The maximum atomic E-state index is 4.71. The molecule has 0 unspecified atom stereocenters. The monoisotopic (exact) mass is 210 g/mol. The van der Waals surface area contributed by atoms with E-state index in [-0.39, 0.29) is 0 Å². The first-order valence-corrected chi connectivity index (χ1v) is 6.05. The number of benzene rings is 1. The molecular formula is C14H14N2. The Balaban J connectivity index is 1.82. The zero-order chi connectivity index (χ0) is 10.5. The number of aromatic nitrogens is 1. The molecule has 1 aromatic heterocycles. The number of hydrogen-bond donors (Lipinski definition) is 1. The van der Waals surface area contributed by atoms with Gasteiger partial charge in [0.1, 0.15) is 5.82 Å². The van der Waals surface area contributed by atoms with Crippen molar-refractivity contribution in [1.29, 1.82) is 0 Å². The maximum absolute atomic E-state index is 4.71. The fourth-order valence-electron chi connectivity index (χ4n) is 2.69. The normalized spacial score (nSPS) is 23.1. The maximum Gasteiger partial charge on any atom is 0.130 e. The molecule has 0 saturated heterocycles. The van der Waals surface area contributed by atoms with E-state index in [0.29, 0.717) is 6.04 Å². The number of rotatable bonds is 1. The highest BCUT2D eigenvalue weighted by Gasteiger charge is 2.35. The molecule has 1 aliphatic heterocycles. The molecule has 1 N–H and O–H groups in total. The van der Waals surface area contributed by atoms with Crippen molar-refractivity contribution in [2.45, 2.75) is 25.3 Å². The van der Waals surface area contributed by atoms with Crippen LogP contribution in [0.15, 0.2) is 30.3 Å². The molecule has 1 aliphatic carbocycles. The van der Waals surface area contributed by atoms with Crippen molar-refractivity contribution in [3.05, 3.63) is 35.9 Å². The summed E-state index contributed by atoms with van der Waals surface area (Å²) in [7, 11) is 0. The number of fused-ring (bicyclic) bond motifs is 2. The lowest BCUT2D eigenvalue weighted by Crippen LogP contribution is -2.17. The SMILES string of the molecule is c1ccc2nc3c(cc2c1)C[C@H](C1CC1)N3. The van der Waals surface area contributed by atoms with Crippen LogP contribution < -0.4 is 5.32 Å². The van der Waals surface area contributed by atoms with Crippen LogP contribution in [0.1, 0.15) is 18.4 Å². The molecule has 2 aliphatic rings. The minimum absolute atomic E-state index is 0.652. The number of hydrogen-bond acceptors (Lipinski definition) is 2. The molecule has 2 aromatic rings. The van der Waals surface area contributed by atoms with Gasteiger partial charge in [-0.2, -0.15) is 0 Å². The zero-order valence-electron chi connectivity index (χ0n) is 9.11. The predicted octanol–water partition coefficient (Wildman–Crippen LogP) is 2.98. The molecular weight excluding hydrogens is 196 g/mol. The molecule has 0 radical (unpaired) electrons. The van der Waals surface area contributed by atoms with Gasteiger partial charge in [0.05, 0.1) is 5.52 Å². The fraction of sp³-hybridized carbons (Fsp3) is 0.357. The molecule has 1 atom stereocenters. The first kappa shape index (κ1) is 8.57. The third-order valence-corrected chi connectivity index (χ3v) is 3.76. The van der Waals surface area contributed by atoms with Crippen molar-refractivity contribution in [3.63, 3.8) is 0 Å². The molecule has 0 bridgehead atoms. The van der Waals surface area contributed by atoms with Crippen LogP contribution in [0.3, 0.4) is 0 Å². The van der Waals surface area contributed by atoms with Crippen LogP contribution >= 0.6 is 0 Å². The standard InChI is InChI=1S/C14H14N2/c1-2-4-12-10(3-1)7-11-8-13(9-5-6-9)16-14(11)15-12/h1-4,7,9,13H,5-6,8H2,(H,15,16)/t13-/m1/s1. The topological polar surface area (TPSA) is 24.9 Å². The van der Waals surface area contributed by atoms with Gasteiger partial charge >= 0.3 is 0 Å². The lowest BCUT2D eigenvalue weighted by molar-refractivity contribution is 0.659. The number of nitrogens with zero attached hydrogens (tertiary/aromatic N) is 1. The number of nitrogens with one attached hydrogen (secondary N) is 1. The van der Waals surface area contributed by atoms with Gasteiger partial charge < -0.3 is 5.32 Å². The second kappa shape index (κ2) is 2.97. The van der Waals surface area contributed by atoms with Gasteiger partial charge in [-0.05, 0) is 42.9 Å². The van der Waals surface area contributed by atoms with E-state index in [1.165, 1.54) is 23.8 Å². The quantitative estimate of drug-likeness (QED) is 0.782. The van der Waals surface area contributed by atoms with E-state index in [2.05, 4.69) is 35.6 Å². The van der Waals surface area contributed by atoms with Gasteiger partial charge in [-0.3, -0.25) is 0 Å². The third-order valence-electron chi connectivity index (χ3n) is 3.76. The Bertz CT molecular complexity index is 513. The molecule has 2 heterocycles. The van der Waals surface area contributed by atoms with Crippen molar-refractivity contribution < 1.29 is 0 Å². The largest absolute Gasteiger partial charge is 0.366 e. The first-order chi connectivity index (χ1) is 7.90. The predicted molar refractivity (Wildman–Crippen MR) is 65.6 cm³/mol. The summed E-state index contributed by atoms with van der Waals surface area (Å²) in [5, 5.41) is 4.84. The van der Waals surface area contributed by atoms with E-state index >= 15 is 0 Å². The van der Waals surface area contributed by atoms with Gasteiger partial charge in [0.15, 0.2) is 0 Å². The van der Waals surface area contributed by atoms with Crippen LogP contribution in [-0.4, -0.2) is 11.0 Å².